The van der Waals surface area contributed by atoms with E-state index in [-0.39, 0.29) is 11.6 Å². The summed E-state index contributed by atoms with van der Waals surface area (Å²) in [4.78, 5) is 15.3. The zero-order chi connectivity index (χ0) is 19.3. The van der Waals surface area contributed by atoms with Crippen molar-refractivity contribution in [3.8, 4) is 0 Å². The van der Waals surface area contributed by atoms with Gasteiger partial charge >= 0.3 is 6.18 Å². The van der Waals surface area contributed by atoms with E-state index in [4.69, 9.17) is 0 Å². The molecule has 2 unspecified atom stereocenters. The van der Waals surface area contributed by atoms with E-state index in [1.807, 2.05) is 0 Å². The molecule has 2 atom stereocenters. The molecule has 1 aliphatic heterocycles. The lowest BCUT2D eigenvalue weighted by Gasteiger charge is -2.32. The number of benzene rings is 1. The number of hydrogen-bond donors (Lipinski definition) is 2. The number of alkyl halides is 4. The van der Waals surface area contributed by atoms with Crippen molar-refractivity contribution in [1.29, 1.82) is 0 Å². The van der Waals surface area contributed by atoms with Gasteiger partial charge < -0.3 is 10.6 Å². The summed E-state index contributed by atoms with van der Waals surface area (Å²) in [6, 6.07) is 6.63. The number of amides is 1. The maximum atomic E-state index is 13.2. The third-order valence-electron chi connectivity index (χ3n) is 3.94. The van der Waals surface area contributed by atoms with Gasteiger partial charge in [0.1, 0.15) is 11.9 Å². The average Bonchev–Trinajstić information content (AvgIpc) is 2.59. The zero-order valence-electron chi connectivity index (χ0n) is 14.1. The predicted octanol–water partition coefficient (Wildman–Crippen LogP) is 3.57. The molecular weight excluding hydrogens is 350 g/mol. The van der Waals surface area contributed by atoms with E-state index < -0.39 is 24.0 Å². The molecule has 140 valence electrons. The minimum absolute atomic E-state index is 0.0292. The van der Waals surface area contributed by atoms with Gasteiger partial charge in [-0.15, -0.1) is 0 Å². The molecule has 2 rings (SSSR count). The largest absolute Gasteiger partial charge is 0.432 e. The van der Waals surface area contributed by atoms with Gasteiger partial charge in [-0.1, -0.05) is 24.8 Å². The van der Waals surface area contributed by atoms with E-state index in [1.165, 1.54) is 13.0 Å². The number of carbonyl (C=O) groups excluding carboxylic acids is 1. The summed E-state index contributed by atoms with van der Waals surface area (Å²) in [7, 11) is 0. The Bertz CT molecular complexity index is 723. The highest BCUT2D eigenvalue weighted by atomic mass is 19.4. The smallest absolute Gasteiger partial charge is 0.322 e. The first-order valence-corrected chi connectivity index (χ1v) is 7.95. The van der Waals surface area contributed by atoms with Crippen LogP contribution in [-0.4, -0.2) is 37.1 Å². The molecule has 1 aromatic carbocycles. The van der Waals surface area contributed by atoms with Crippen molar-refractivity contribution in [1.82, 2.24) is 5.32 Å². The van der Waals surface area contributed by atoms with Crippen LogP contribution in [0.4, 0.5) is 23.2 Å². The molecule has 0 aliphatic carbocycles. The van der Waals surface area contributed by atoms with Gasteiger partial charge in [0.15, 0.2) is 0 Å². The van der Waals surface area contributed by atoms with Crippen LogP contribution < -0.4 is 10.6 Å². The Morgan fingerprint density at radius 3 is 2.50 bits per heavy atom. The molecule has 1 amide bonds. The minimum Gasteiger partial charge on any atom is -0.322 e. The third-order valence-corrected chi connectivity index (χ3v) is 3.94. The monoisotopic (exact) mass is 369 g/mol. The van der Waals surface area contributed by atoms with Crippen LogP contribution in [0.5, 0.6) is 0 Å². The molecule has 0 bridgehead atoms. The average molecular weight is 369 g/mol. The molecule has 1 aromatic rings. The lowest BCUT2D eigenvalue weighted by atomic mass is 9.96. The molecule has 1 fully saturated rings. The predicted molar refractivity (Wildman–Crippen MR) is 92.9 cm³/mol. The summed E-state index contributed by atoms with van der Waals surface area (Å²) >= 11 is 0. The summed E-state index contributed by atoms with van der Waals surface area (Å²) in [5, 5.41) is 5.57. The molecule has 0 saturated carbocycles. The fourth-order valence-electron chi connectivity index (χ4n) is 2.24. The van der Waals surface area contributed by atoms with Crippen LogP contribution in [0.25, 0.3) is 0 Å². The fraction of sp³-hybridized carbons (Fsp3) is 0.333. The maximum absolute atomic E-state index is 13.2. The summed E-state index contributed by atoms with van der Waals surface area (Å²) in [6.07, 6.45) is -2.78. The van der Waals surface area contributed by atoms with E-state index in [0.29, 0.717) is 18.7 Å². The van der Waals surface area contributed by atoms with Crippen LogP contribution in [0.15, 0.2) is 53.2 Å². The summed E-state index contributed by atoms with van der Waals surface area (Å²) < 4.78 is 50.4. The van der Waals surface area contributed by atoms with Crippen LogP contribution in [-0.2, 0) is 11.2 Å². The summed E-state index contributed by atoms with van der Waals surface area (Å²) in [6.45, 7) is 4.69. The Morgan fingerprint density at radius 2 is 2.04 bits per heavy atom. The number of nitrogens with one attached hydrogen (secondary N) is 2. The topological polar surface area (TPSA) is 53.5 Å². The van der Waals surface area contributed by atoms with Gasteiger partial charge in [0.2, 0.25) is 0 Å². The van der Waals surface area contributed by atoms with Gasteiger partial charge in [0.25, 0.3) is 5.91 Å². The van der Waals surface area contributed by atoms with Crippen molar-refractivity contribution in [2.75, 3.05) is 11.9 Å². The van der Waals surface area contributed by atoms with Crippen molar-refractivity contribution in [3.63, 3.8) is 0 Å². The first-order chi connectivity index (χ1) is 12.2. The van der Waals surface area contributed by atoms with Gasteiger partial charge in [-0.25, -0.2) is 4.39 Å². The molecule has 1 aliphatic rings. The Balaban J connectivity index is 1.95. The molecule has 4 nitrogen and oxygen atoms in total. The van der Waals surface area contributed by atoms with Crippen molar-refractivity contribution in [2.45, 2.75) is 31.7 Å². The Morgan fingerprint density at radius 1 is 1.38 bits per heavy atom. The molecular formula is C18H19F4N3O. The zero-order valence-corrected chi connectivity index (χ0v) is 14.1. The van der Waals surface area contributed by atoms with E-state index >= 15 is 0 Å². The maximum Gasteiger partial charge on any atom is 0.432 e. The normalized spacial score (nSPS) is 20.7. The van der Waals surface area contributed by atoms with Crippen LogP contribution in [0.1, 0.15) is 12.5 Å². The third kappa shape index (κ3) is 5.26. The van der Waals surface area contributed by atoms with Crippen molar-refractivity contribution in [3.05, 3.63) is 53.8 Å². The molecule has 0 spiro atoms. The second-order valence-electron chi connectivity index (χ2n) is 5.83. The Kier molecular flexibility index (Phi) is 6.31. The summed E-state index contributed by atoms with van der Waals surface area (Å²) in [5.74, 6) is -0.594. The molecule has 26 heavy (non-hydrogen) atoms. The highest BCUT2D eigenvalue weighted by Gasteiger charge is 2.32. The Hall–Kier alpha value is -2.48. The lowest BCUT2D eigenvalue weighted by molar-refractivity contribution is -0.112. The molecule has 0 radical (unpaired) electrons. The number of anilines is 1. The molecule has 0 aromatic heterocycles. The van der Waals surface area contributed by atoms with E-state index in [0.717, 1.165) is 11.8 Å². The SMILES string of the molecule is C=C(/N=C\C(=C/C)C(=O)Nc1ccc(CC2NCC2F)cc1)C(F)(F)F. The second kappa shape index (κ2) is 8.27. The van der Waals surface area contributed by atoms with Gasteiger partial charge in [-0.05, 0) is 31.0 Å². The molecule has 1 saturated heterocycles. The van der Waals surface area contributed by atoms with E-state index in [1.54, 1.807) is 24.3 Å². The van der Waals surface area contributed by atoms with E-state index in [2.05, 4.69) is 22.2 Å². The van der Waals surface area contributed by atoms with Crippen molar-refractivity contribution < 1.29 is 22.4 Å². The van der Waals surface area contributed by atoms with Crippen LogP contribution in [0.3, 0.4) is 0 Å². The van der Waals surface area contributed by atoms with Gasteiger partial charge in [0.05, 0.1) is 5.57 Å². The van der Waals surface area contributed by atoms with Crippen LogP contribution >= 0.6 is 0 Å². The number of halogens is 4. The van der Waals surface area contributed by atoms with E-state index in [9.17, 15) is 22.4 Å². The molecule has 8 heteroatoms. The number of allylic oxidation sites excluding steroid dienone is 2. The summed E-state index contributed by atoms with van der Waals surface area (Å²) in [5.41, 5.74) is 0.0693. The van der Waals surface area contributed by atoms with Crippen molar-refractivity contribution >= 4 is 17.8 Å². The lowest BCUT2D eigenvalue weighted by Crippen LogP contribution is -2.55. The van der Waals surface area contributed by atoms with Crippen LogP contribution in [0.2, 0.25) is 0 Å². The van der Waals surface area contributed by atoms with Gasteiger partial charge in [0, 0.05) is 24.5 Å². The Labute approximate surface area is 148 Å². The standard InChI is InChI=1S/C18H19F4N3O/c1-3-13(9-23-11(2)18(20,21)22)17(26)25-14-6-4-12(5-7-14)8-16-15(19)10-24-16/h3-7,9,15-16,24H,2,8,10H2,1H3,(H,25,26)/b13-3+,23-9-. The number of rotatable bonds is 6. The number of carbonyl (C=O) groups is 1. The van der Waals surface area contributed by atoms with Crippen molar-refractivity contribution in [2.24, 2.45) is 4.99 Å². The number of nitrogens with zero attached hydrogens (tertiary/aromatic N) is 1. The van der Waals surface area contributed by atoms with Gasteiger partial charge in [-0.3, -0.25) is 9.79 Å². The molecule has 2 N–H and O–H groups in total. The fourth-order valence-corrected chi connectivity index (χ4v) is 2.24. The number of aliphatic imine (C=N–C) groups is 1. The highest BCUT2D eigenvalue weighted by Crippen LogP contribution is 2.24. The van der Waals surface area contributed by atoms with Crippen LogP contribution in [0, 0.1) is 0 Å². The van der Waals surface area contributed by atoms with Gasteiger partial charge in [-0.2, -0.15) is 13.2 Å². The highest BCUT2D eigenvalue weighted by molar-refractivity contribution is 6.17. The minimum atomic E-state index is -4.64. The quantitative estimate of drug-likeness (QED) is 0.458. The second-order valence-corrected chi connectivity index (χ2v) is 5.83. The number of hydrogen-bond acceptors (Lipinski definition) is 3. The first-order valence-electron chi connectivity index (χ1n) is 7.95. The molecule has 1 heterocycles. The first kappa shape index (κ1) is 19.8.